The van der Waals surface area contributed by atoms with Gasteiger partial charge in [0.1, 0.15) is 34.2 Å². The highest BCUT2D eigenvalue weighted by Gasteiger charge is 2.26. The fraction of sp³-hybridized carbons (Fsp3) is 0.310. The van der Waals surface area contributed by atoms with Crippen molar-refractivity contribution in [3.63, 3.8) is 0 Å². The SMILES string of the molecule is CC(C)=CCc1c(O)cc(O)c(CC=C(C)C)c1-c1cc2ccc3c(c2o1)C=CC(C)(C)O3. The summed E-state index contributed by atoms with van der Waals surface area (Å²) < 4.78 is 12.5. The third kappa shape index (κ3) is 4.56. The Balaban J connectivity index is 1.96. The topological polar surface area (TPSA) is 62.8 Å². The lowest BCUT2D eigenvalue weighted by Gasteiger charge is -2.27. The number of hydrogen-bond donors (Lipinski definition) is 2. The molecule has 0 spiro atoms. The number of benzene rings is 2. The van der Waals surface area contributed by atoms with E-state index >= 15 is 0 Å². The van der Waals surface area contributed by atoms with Crippen LogP contribution in [0.25, 0.3) is 28.4 Å². The van der Waals surface area contributed by atoms with Crippen molar-refractivity contribution in [2.24, 2.45) is 0 Å². The van der Waals surface area contributed by atoms with Gasteiger partial charge in [0, 0.05) is 28.1 Å². The van der Waals surface area contributed by atoms with Gasteiger partial charge in [-0.1, -0.05) is 23.3 Å². The third-order valence-electron chi connectivity index (χ3n) is 5.88. The monoisotopic (exact) mass is 444 g/mol. The summed E-state index contributed by atoms with van der Waals surface area (Å²) in [6, 6.07) is 7.38. The molecule has 0 saturated heterocycles. The number of phenolic OH excluding ortho intramolecular Hbond substituents is 2. The van der Waals surface area contributed by atoms with Crippen LogP contribution >= 0.6 is 0 Å². The Bertz CT molecular complexity index is 1260. The first kappa shape index (κ1) is 22.8. The van der Waals surface area contributed by atoms with Gasteiger partial charge in [0.25, 0.3) is 0 Å². The third-order valence-corrected chi connectivity index (χ3v) is 5.88. The second-order valence-corrected chi connectivity index (χ2v) is 9.76. The first-order valence-electron chi connectivity index (χ1n) is 11.3. The van der Waals surface area contributed by atoms with Crippen LogP contribution in [0.5, 0.6) is 17.2 Å². The van der Waals surface area contributed by atoms with E-state index in [1.165, 1.54) is 6.07 Å². The molecule has 0 fully saturated rings. The quantitative estimate of drug-likeness (QED) is 0.396. The first-order valence-corrected chi connectivity index (χ1v) is 11.3. The second kappa shape index (κ2) is 8.51. The summed E-state index contributed by atoms with van der Waals surface area (Å²) in [6.07, 6.45) is 9.29. The van der Waals surface area contributed by atoms with Crippen LogP contribution in [-0.2, 0) is 12.8 Å². The summed E-state index contributed by atoms with van der Waals surface area (Å²) in [5.41, 5.74) is 5.80. The molecule has 2 aromatic carbocycles. The summed E-state index contributed by atoms with van der Waals surface area (Å²) >= 11 is 0. The fourth-order valence-electron chi connectivity index (χ4n) is 4.14. The Labute approximate surface area is 195 Å². The molecule has 1 aliphatic heterocycles. The molecule has 4 heteroatoms. The number of rotatable bonds is 5. The molecule has 2 heterocycles. The maximum Gasteiger partial charge on any atom is 0.145 e. The number of furan rings is 1. The Kier molecular flexibility index (Phi) is 5.87. The molecular weight excluding hydrogens is 412 g/mol. The van der Waals surface area contributed by atoms with Gasteiger partial charge in [-0.2, -0.15) is 0 Å². The van der Waals surface area contributed by atoms with Gasteiger partial charge in [-0.05, 0) is 84.7 Å². The molecule has 0 saturated carbocycles. The van der Waals surface area contributed by atoms with Gasteiger partial charge in [-0.3, -0.25) is 0 Å². The Hall–Kier alpha value is -3.40. The number of ether oxygens (including phenoxy) is 1. The molecule has 0 atom stereocenters. The van der Waals surface area contributed by atoms with Crippen LogP contribution in [0.15, 0.2) is 58.1 Å². The maximum absolute atomic E-state index is 10.8. The van der Waals surface area contributed by atoms with Gasteiger partial charge in [0.05, 0.1) is 5.56 Å². The van der Waals surface area contributed by atoms with Gasteiger partial charge in [-0.15, -0.1) is 0 Å². The number of fused-ring (bicyclic) bond motifs is 3. The van der Waals surface area contributed by atoms with Crippen LogP contribution in [0.1, 0.15) is 58.2 Å². The average molecular weight is 445 g/mol. The molecule has 0 unspecified atom stereocenters. The van der Waals surface area contributed by atoms with Crippen molar-refractivity contribution in [2.45, 2.75) is 60.0 Å². The van der Waals surface area contributed by atoms with Gasteiger partial charge < -0.3 is 19.4 Å². The highest BCUT2D eigenvalue weighted by atomic mass is 16.5. The molecule has 33 heavy (non-hydrogen) atoms. The van der Waals surface area contributed by atoms with E-state index < -0.39 is 0 Å². The number of allylic oxidation sites excluding steroid dienone is 4. The van der Waals surface area contributed by atoms with Crippen molar-refractivity contribution in [2.75, 3.05) is 0 Å². The maximum atomic E-state index is 10.8. The fourth-order valence-corrected chi connectivity index (χ4v) is 4.14. The van der Waals surface area contributed by atoms with Gasteiger partial charge in [0.2, 0.25) is 0 Å². The summed E-state index contributed by atoms with van der Waals surface area (Å²) in [5.74, 6) is 1.53. The molecule has 172 valence electrons. The van der Waals surface area contributed by atoms with Gasteiger partial charge in [0.15, 0.2) is 0 Å². The van der Waals surface area contributed by atoms with E-state index in [2.05, 4.69) is 12.2 Å². The van der Waals surface area contributed by atoms with Crippen molar-refractivity contribution >= 4 is 17.0 Å². The number of phenols is 2. The lowest BCUT2D eigenvalue weighted by molar-refractivity contribution is 0.159. The lowest BCUT2D eigenvalue weighted by Crippen LogP contribution is -2.27. The molecule has 4 rings (SSSR count). The summed E-state index contributed by atoms with van der Waals surface area (Å²) in [5, 5.41) is 22.5. The van der Waals surface area contributed by atoms with E-state index in [9.17, 15) is 10.2 Å². The molecular formula is C29H32O4. The summed E-state index contributed by atoms with van der Waals surface area (Å²) in [6.45, 7) is 12.2. The molecule has 0 aliphatic carbocycles. The van der Waals surface area contributed by atoms with Crippen LogP contribution in [0.2, 0.25) is 0 Å². The van der Waals surface area contributed by atoms with Crippen LogP contribution in [0.4, 0.5) is 0 Å². The Morgan fingerprint density at radius 3 is 2.09 bits per heavy atom. The molecule has 3 aromatic rings. The van der Waals surface area contributed by atoms with Crippen molar-refractivity contribution in [3.8, 4) is 28.6 Å². The second-order valence-electron chi connectivity index (χ2n) is 9.76. The van der Waals surface area contributed by atoms with Crippen LogP contribution in [-0.4, -0.2) is 15.8 Å². The van der Waals surface area contributed by atoms with E-state index in [-0.39, 0.29) is 17.1 Å². The minimum Gasteiger partial charge on any atom is -0.507 e. The van der Waals surface area contributed by atoms with E-state index in [1.807, 2.05) is 71.9 Å². The van der Waals surface area contributed by atoms with Crippen molar-refractivity contribution in [3.05, 3.63) is 70.3 Å². The van der Waals surface area contributed by atoms with Crippen LogP contribution in [0.3, 0.4) is 0 Å². The summed E-state index contributed by atoms with van der Waals surface area (Å²) in [4.78, 5) is 0. The van der Waals surface area contributed by atoms with E-state index in [4.69, 9.17) is 9.15 Å². The van der Waals surface area contributed by atoms with E-state index in [0.717, 1.165) is 50.1 Å². The van der Waals surface area contributed by atoms with Gasteiger partial charge >= 0.3 is 0 Å². The molecule has 4 nitrogen and oxygen atoms in total. The van der Waals surface area contributed by atoms with E-state index in [0.29, 0.717) is 18.6 Å². The van der Waals surface area contributed by atoms with E-state index in [1.54, 1.807) is 0 Å². The first-order chi connectivity index (χ1) is 15.6. The predicted molar refractivity (Wildman–Crippen MR) is 135 cm³/mol. The summed E-state index contributed by atoms with van der Waals surface area (Å²) in [7, 11) is 0. The minimum absolute atomic E-state index is 0.0633. The average Bonchev–Trinajstić information content (AvgIpc) is 3.14. The highest BCUT2D eigenvalue weighted by Crippen LogP contribution is 2.44. The molecule has 0 bridgehead atoms. The minimum atomic E-state index is -0.373. The molecule has 2 N–H and O–H groups in total. The molecule has 0 radical (unpaired) electrons. The standard InChI is InChI=1S/C29H32O4/c1-17(2)7-10-20-23(30)16-24(31)21(11-8-18(3)4)27(20)26-15-19-9-12-25-22(28(19)32-26)13-14-29(5,6)33-25/h7-9,12-16,30-31H,10-11H2,1-6H3. The van der Waals surface area contributed by atoms with Crippen molar-refractivity contribution < 1.29 is 19.4 Å². The van der Waals surface area contributed by atoms with Gasteiger partial charge in [-0.25, -0.2) is 0 Å². The Morgan fingerprint density at radius 2 is 1.52 bits per heavy atom. The highest BCUT2D eigenvalue weighted by molar-refractivity contribution is 5.93. The molecule has 1 aromatic heterocycles. The Morgan fingerprint density at radius 1 is 0.909 bits per heavy atom. The zero-order valence-electron chi connectivity index (χ0n) is 20.2. The van der Waals surface area contributed by atoms with Crippen molar-refractivity contribution in [1.82, 2.24) is 0 Å². The predicted octanol–water partition coefficient (Wildman–Crippen LogP) is 7.71. The largest absolute Gasteiger partial charge is 0.507 e. The van der Waals surface area contributed by atoms with Crippen LogP contribution < -0.4 is 4.74 Å². The molecule has 0 amide bonds. The van der Waals surface area contributed by atoms with Crippen LogP contribution in [0, 0.1) is 0 Å². The lowest BCUT2D eigenvalue weighted by atomic mass is 9.92. The van der Waals surface area contributed by atoms with Crippen molar-refractivity contribution in [1.29, 1.82) is 0 Å². The zero-order valence-corrected chi connectivity index (χ0v) is 20.2. The smallest absolute Gasteiger partial charge is 0.145 e. The normalized spacial score (nSPS) is 14.0. The number of aromatic hydroxyl groups is 2. The molecule has 1 aliphatic rings. The number of hydrogen-bond acceptors (Lipinski definition) is 4. The zero-order chi connectivity index (χ0) is 23.9.